The lowest BCUT2D eigenvalue weighted by Crippen LogP contribution is -2.56. The summed E-state index contributed by atoms with van der Waals surface area (Å²) >= 11 is 0. The molecule has 1 fully saturated rings. The van der Waals surface area contributed by atoms with E-state index < -0.39 is 18.1 Å². The normalized spacial score (nSPS) is 19.6. The number of likely N-dealkylation sites (N-methyl/N-ethyl adjacent to an activating group) is 1. The van der Waals surface area contributed by atoms with Crippen molar-refractivity contribution in [3.05, 3.63) is 47.6 Å². The van der Waals surface area contributed by atoms with Crippen LogP contribution in [0.1, 0.15) is 28.4 Å². The average molecular weight is 387 g/mol. The number of rotatable bonds is 6. The Kier molecular flexibility index (Phi) is 6.37. The SMILES string of the molecule is Cc1cc(C(=O)N[C@@H]2CCN(C(=O)CN(C)Cc3ccccn3)C[C@H]2O)no1. The first-order chi connectivity index (χ1) is 13.4. The fourth-order valence-corrected chi connectivity index (χ4v) is 3.20. The number of hydrogen-bond donors (Lipinski definition) is 2. The molecule has 150 valence electrons. The zero-order valence-electron chi connectivity index (χ0n) is 16.0. The quantitative estimate of drug-likeness (QED) is 0.728. The molecule has 2 amide bonds. The van der Waals surface area contributed by atoms with Gasteiger partial charge >= 0.3 is 0 Å². The van der Waals surface area contributed by atoms with E-state index in [1.165, 1.54) is 6.07 Å². The van der Waals surface area contributed by atoms with Crippen LogP contribution in [0.15, 0.2) is 35.0 Å². The summed E-state index contributed by atoms with van der Waals surface area (Å²) in [7, 11) is 1.86. The molecule has 0 unspecified atom stereocenters. The molecule has 2 aromatic heterocycles. The van der Waals surface area contributed by atoms with E-state index in [2.05, 4.69) is 15.5 Å². The third kappa shape index (κ3) is 5.14. The van der Waals surface area contributed by atoms with Crippen LogP contribution in [0.2, 0.25) is 0 Å². The van der Waals surface area contributed by atoms with Crippen LogP contribution in [0.4, 0.5) is 0 Å². The van der Waals surface area contributed by atoms with E-state index in [0.29, 0.717) is 25.3 Å². The molecule has 0 saturated carbocycles. The van der Waals surface area contributed by atoms with Crippen molar-refractivity contribution in [3.8, 4) is 0 Å². The summed E-state index contributed by atoms with van der Waals surface area (Å²) in [4.78, 5) is 32.5. The van der Waals surface area contributed by atoms with Gasteiger partial charge in [-0.15, -0.1) is 0 Å². The van der Waals surface area contributed by atoms with Gasteiger partial charge in [-0.05, 0) is 32.5 Å². The van der Waals surface area contributed by atoms with Gasteiger partial charge < -0.3 is 19.8 Å². The Balaban J connectivity index is 1.47. The highest BCUT2D eigenvalue weighted by molar-refractivity contribution is 5.92. The molecule has 0 aromatic carbocycles. The third-order valence-corrected chi connectivity index (χ3v) is 4.67. The second-order valence-corrected chi connectivity index (χ2v) is 7.09. The number of likely N-dealkylation sites (tertiary alicyclic amines) is 1. The summed E-state index contributed by atoms with van der Waals surface area (Å²) in [5.74, 6) is 0.0890. The molecule has 0 bridgehead atoms. The smallest absolute Gasteiger partial charge is 0.273 e. The minimum Gasteiger partial charge on any atom is -0.389 e. The molecule has 1 saturated heterocycles. The lowest BCUT2D eigenvalue weighted by Gasteiger charge is -2.36. The standard InChI is InChI=1S/C19H25N5O4/c1-13-9-16(22-28-13)19(27)21-15-6-8-24(11-17(15)25)18(26)12-23(2)10-14-5-3-4-7-20-14/h3-5,7,9,15,17,25H,6,8,10-12H2,1-2H3,(H,21,27)/t15-,17-/m1/s1. The molecule has 0 aliphatic carbocycles. The van der Waals surface area contributed by atoms with E-state index in [0.717, 1.165) is 5.69 Å². The number of aliphatic hydroxyl groups excluding tert-OH is 1. The summed E-state index contributed by atoms with van der Waals surface area (Å²) in [5, 5.41) is 16.8. The first kappa shape index (κ1) is 20.0. The van der Waals surface area contributed by atoms with Crippen molar-refractivity contribution < 1.29 is 19.2 Å². The van der Waals surface area contributed by atoms with E-state index in [1.54, 1.807) is 18.0 Å². The van der Waals surface area contributed by atoms with Crippen molar-refractivity contribution in [2.75, 3.05) is 26.7 Å². The largest absolute Gasteiger partial charge is 0.389 e. The van der Waals surface area contributed by atoms with Gasteiger partial charge in [0.05, 0.1) is 24.4 Å². The molecule has 3 heterocycles. The zero-order chi connectivity index (χ0) is 20.1. The zero-order valence-corrected chi connectivity index (χ0v) is 16.0. The third-order valence-electron chi connectivity index (χ3n) is 4.67. The van der Waals surface area contributed by atoms with Crippen LogP contribution in [-0.2, 0) is 11.3 Å². The van der Waals surface area contributed by atoms with Gasteiger partial charge in [-0.25, -0.2) is 0 Å². The molecule has 2 atom stereocenters. The van der Waals surface area contributed by atoms with E-state index in [9.17, 15) is 14.7 Å². The molecule has 1 aliphatic heterocycles. The minimum absolute atomic E-state index is 0.0608. The Morgan fingerprint density at radius 2 is 2.25 bits per heavy atom. The van der Waals surface area contributed by atoms with Crippen LogP contribution in [0, 0.1) is 6.92 Å². The molecular formula is C19H25N5O4. The van der Waals surface area contributed by atoms with Crippen LogP contribution >= 0.6 is 0 Å². The number of aryl methyl sites for hydroxylation is 1. The second kappa shape index (κ2) is 8.94. The van der Waals surface area contributed by atoms with Crippen LogP contribution < -0.4 is 5.32 Å². The average Bonchev–Trinajstić information content (AvgIpc) is 3.10. The summed E-state index contributed by atoms with van der Waals surface area (Å²) in [5.41, 5.74) is 1.07. The Hall–Kier alpha value is -2.78. The van der Waals surface area contributed by atoms with Gasteiger partial charge in [0.2, 0.25) is 5.91 Å². The topological polar surface area (TPSA) is 112 Å². The van der Waals surface area contributed by atoms with Gasteiger partial charge in [0, 0.05) is 31.9 Å². The number of piperidine rings is 1. The second-order valence-electron chi connectivity index (χ2n) is 7.09. The number of amides is 2. The number of carbonyl (C=O) groups excluding carboxylic acids is 2. The van der Waals surface area contributed by atoms with Gasteiger partial charge in [0.15, 0.2) is 5.69 Å². The van der Waals surface area contributed by atoms with Gasteiger partial charge in [0.1, 0.15) is 5.76 Å². The fourth-order valence-electron chi connectivity index (χ4n) is 3.20. The predicted octanol–water partition coefficient (Wildman–Crippen LogP) is 0.202. The number of aliphatic hydroxyl groups is 1. The highest BCUT2D eigenvalue weighted by Gasteiger charge is 2.32. The lowest BCUT2D eigenvalue weighted by atomic mass is 10.0. The minimum atomic E-state index is -0.837. The Morgan fingerprint density at radius 1 is 1.43 bits per heavy atom. The Bertz CT molecular complexity index is 810. The number of nitrogens with one attached hydrogen (secondary N) is 1. The van der Waals surface area contributed by atoms with E-state index in [1.807, 2.05) is 30.1 Å². The summed E-state index contributed by atoms with van der Waals surface area (Å²) < 4.78 is 4.89. The van der Waals surface area contributed by atoms with Crippen LogP contribution in [0.5, 0.6) is 0 Å². The molecular weight excluding hydrogens is 362 g/mol. The van der Waals surface area contributed by atoms with Gasteiger partial charge in [-0.3, -0.25) is 19.5 Å². The number of nitrogens with zero attached hydrogens (tertiary/aromatic N) is 4. The molecule has 2 N–H and O–H groups in total. The molecule has 9 nitrogen and oxygen atoms in total. The summed E-state index contributed by atoms with van der Waals surface area (Å²) in [6, 6.07) is 6.78. The van der Waals surface area contributed by atoms with Crippen molar-refractivity contribution in [1.29, 1.82) is 0 Å². The van der Waals surface area contributed by atoms with E-state index >= 15 is 0 Å². The van der Waals surface area contributed by atoms with Gasteiger partial charge in [0.25, 0.3) is 5.91 Å². The first-order valence-corrected chi connectivity index (χ1v) is 9.21. The molecule has 28 heavy (non-hydrogen) atoms. The summed E-state index contributed by atoms with van der Waals surface area (Å²) in [6.45, 7) is 3.15. The lowest BCUT2D eigenvalue weighted by molar-refractivity contribution is -0.135. The van der Waals surface area contributed by atoms with Crippen molar-refractivity contribution in [2.24, 2.45) is 0 Å². The van der Waals surface area contributed by atoms with Crippen molar-refractivity contribution in [1.82, 2.24) is 25.3 Å². The maximum Gasteiger partial charge on any atom is 0.273 e. The van der Waals surface area contributed by atoms with Crippen molar-refractivity contribution in [3.63, 3.8) is 0 Å². The fraction of sp³-hybridized carbons (Fsp3) is 0.474. The van der Waals surface area contributed by atoms with Crippen molar-refractivity contribution >= 4 is 11.8 Å². The monoisotopic (exact) mass is 387 g/mol. The van der Waals surface area contributed by atoms with Gasteiger partial charge in [-0.2, -0.15) is 0 Å². The van der Waals surface area contributed by atoms with Crippen LogP contribution in [0.25, 0.3) is 0 Å². The summed E-state index contributed by atoms with van der Waals surface area (Å²) in [6.07, 6.45) is 1.36. The van der Waals surface area contributed by atoms with Crippen molar-refractivity contribution in [2.45, 2.75) is 32.0 Å². The molecule has 0 spiro atoms. The van der Waals surface area contributed by atoms with Crippen LogP contribution in [-0.4, -0.2) is 75.7 Å². The van der Waals surface area contributed by atoms with Crippen LogP contribution in [0.3, 0.4) is 0 Å². The molecule has 3 rings (SSSR count). The molecule has 1 aliphatic rings. The maximum absolute atomic E-state index is 12.5. The van der Waals surface area contributed by atoms with E-state index in [-0.39, 0.29) is 24.7 Å². The Labute approximate surface area is 163 Å². The maximum atomic E-state index is 12.5. The Morgan fingerprint density at radius 3 is 2.89 bits per heavy atom. The molecule has 9 heteroatoms. The van der Waals surface area contributed by atoms with Gasteiger partial charge in [-0.1, -0.05) is 11.2 Å². The number of aromatic nitrogens is 2. The highest BCUT2D eigenvalue weighted by atomic mass is 16.5. The van der Waals surface area contributed by atoms with E-state index in [4.69, 9.17) is 4.52 Å². The first-order valence-electron chi connectivity index (χ1n) is 9.21. The number of hydrogen-bond acceptors (Lipinski definition) is 7. The number of pyridine rings is 1. The number of carbonyl (C=O) groups is 2. The molecule has 0 radical (unpaired) electrons. The highest BCUT2D eigenvalue weighted by Crippen LogP contribution is 2.13. The number of β-amino-alcohol motifs (C(OH)–C–C–N with tert-alkyl or cyclic N) is 1. The molecule has 2 aromatic rings. The predicted molar refractivity (Wildman–Crippen MR) is 100 cm³/mol.